The fourth-order valence-corrected chi connectivity index (χ4v) is 7.11. The van der Waals surface area contributed by atoms with E-state index in [0.717, 1.165) is 60.2 Å². The summed E-state index contributed by atoms with van der Waals surface area (Å²) in [5, 5.41) is 17.8. The van der Waals surface area contributed by atoms with Gasteiger partial charge in [0.05, 0.1) is 17.8 Å². The van der Waals surface area contributed by atoms with Crippen LogP contribution in [0.5, 0.6) is 0 Å². The number of hydrogen-bond acceptors (Lipinski definition) is 6. The highest BCUT2D eigenvalue weighted by molar-refractivity contribution is 6.36. The minimum atomic E-state index is -1.30. The molecule has 0 spiro atoms. The quantitative estimate of drug-likeness (QED) is 0.0861. The molecule has 2 heterocycles. The molecule has 1 fully saturated rings. The number of urea groups is 1. The summed E-state index contributed by atoms with van der Waals surface area (Å²) >= 11 is 13.1. The standard InChI is InChI=1S/C40H42Cl2F2N8O3/c41-30-9-6-10-31(42)29(30)23-52-37-21-27(12-13-28(37)36(50-52)24-51-17-4-5-18-51)47-40(55)49-35(20-26-11-14-32(43)33(44)19-26)39(54)48-34(15-16-45)38(53)46-22-25-7-2-1-3-8-25/h1-3,6-14,19,21,34-35H,4-5,15-18,20,22-24,45H2,(H,46,53)(H,48,54)(H2,47,49,55). The van der Waals surface area contributed by atoms with Crippen molar-refractivity contribution in [3.63, 3.8) is 0 Å². The van der Waals surface area contributed by atoms with Crippen molar-refractivity contribution in [2.45, 2.75) is 57.4 Å². The molecule has 1 aliphatic heterocycles. The van der Waals surface area contributed by atoms with Crippen molar-refractivity contribution in [2.75, 3.05) is 25.0 Å². The van der Waals surface area contributed by atoms with Crippen LogP contribution in [0.4, 0.5) is 19.3 Å². The van der Waals surface area contributed by atoms with E-state index in [1.165, 1.54) is 6.07 Å². The van der Waals surface area contributed by atoms with Crippen LogP contribution in [0, 0.1) is 11.6 Å². The van der Waals surface area contributed by atoms with Crippen LogP contribution >= 0.6 is 23.2 Å². The van der Waals surface area contributed by atoms with Crippen molar-refractivity contribution in [2.24, 2.45) is 5.73 Å². The molecule has 0 bridgehead atoms. The van der Waals surface area contributed by atoms with Gasteiger partial charge >= 0.3 is 6.03 Å². The second-order valence-corrected chi connectivity index (χ2v) is 14.3. The van der Waals surface area contributed by atoms with Gasteiger partial charge in [-0.2, -0.15) is 5.10 Å². The van der Waals surface area contributed by atoms with Crippen molar-refractivity contribution in [1.29, 1.82) is 0 Å². The number of rotatable bonds is 15. The van der Waals surface area contributed by atoms with Crippen LogP contribution in [-0.4, -0.2) is 64.2 Å². The van der Waals surface area contributed by atoms with Crippen LogP contribution < -0.4 is 27.0 Å². The number of anilines is 1. The summed E-state index contributed by atoms with van der Waals surface area (Å²) in [4.78, 5) is 42.8. The number of hydrogen-bond donors (Lipinski definition) is 5. The largest absolute Gasteiger partial charge is 0.350 e. The van der Waals surface area contributed by atoms with Gasteiger partial charge in [0.25, 0.3) is 0 Å². The van der Waals surface area contributed by atoms with Gasteiger partial charge in [-0.25, -0.2) is 13.6 Å². The monoisotopic (exact) mass is 790 g/mol. The Morgan fingerprint density at radius 3 is 2.25 bits per heavy atom. The van der Waals surface area contributed by atoms with E-state index in [1.807, 2.05) is 36.4 Å². The highest BCUT2D eigenvalue weighted by atomic mass is 35.5. The highest BCUT2D eigenvalue weighted by Crippen LogP contribution is 2.29. The highest BCUT2D eigenvalue weighted by Gasteiger charge is 2.28. The fourth-order valence-electron chi connectivity index (χ4n) is 6.60. The molecule has 4 aromatic carbocycles. The third-order valence-electron chi connectivity index (χ3n) is 9.47. The first kappa shape index (κ1) is 39.6. The van der Waals surface area contributed by atoms with Gasteiger partial charge in [0.2, 0.25) is 11.8 Å². The zero-order valence-electron chi connectivity index (χ0n) is 30.0. The molecular formula is C40H42Cl2F2N8O3. The van der Waals surface area contributed by atoms with Crippen molar-refractivity contribution in [1.82, 2.24) is 30.6 Å². The van der Waals surface area contributed by atoms with Gasteiger partial charge in [-0.15, -0.1) is 0 Å². The SMILES string of the molecule is NCCC(NC(=O)C(Cc1ccc(F)c(F)c1)NC(=O)Nc1ccc2c(CN3CCCC3)nn(Cc3c(Cl)cccc3Cl)c2c1)C(=O)NCc1ccccc1. The number of carbonyl (C=O) groups excluding carboxylic acids is 3. The van der Waals surface area contributed by atoms with Crippen molar-refractivity contribution < 1.29 is 23.2 Å². The molecule has 2 unspecified atom stereocenters. The lowest BCUT2D eigenvalue weighted by Gasteiger charge is -2.23. The van der Waals surface area contributed by atoms with E-state index in [9.17, 15) is 23.2 Å². The number of fused-ring (bicyclic) bond motifs is 1. The van der Waals surface area contributed by atoms with E-state index in [0.29, 0.717) is 27.8 Å². The zero-order chi connectivity index (χ0) is 38.9. The third kappa shape index (κ3) is 10.4. The smallest absolute Gasteiger partial charge is 0.319 e. The van der Waals surface area contributed by atoms with Crippen LogP contribution in [0.15, 0.2) is 84.9 Å². The minimum absolute atomic E-state index is 0.0902. The number of benzene rings is 4. The predicted octanol–water partition coefficient (Wildman–Crippen LogP) is 6.15. The molecule has 0 aliphatic carbocycles. The Morgan fingerprint density at radius 1 is 0.800 bits per heavy atom. The Balaban J connectivity index is 1.22. The summed E-state index contributed by atoms with van der Waals surface area (Å²) in [6.45, 7) is 3.22. The van der Waals surface area contributed by atoms with Gasteiger partial charge < -0.3 is 27.0 Å². The molecule has 6 N–H and O–H groups in total. The van der Waals surface area contributed by atoms with Gasteiger partial charge in [0.1, 0.15) is 12.1 Å². The Morgan fingerprint density at radius 2 is 1.55 bits per heavy atom. The summed E-state index contributed by atoms with van der Waals surface area (Å²) in [7, 11) is 0. The number of amides is 4. The number of aromatic nitrogens is 2. The molecule has 1 aliphatic rings. The van der Waals surface area contributed by atoms with Crippen LogP contribution in [0.1, 0.15) is 41.6 Å². The molecule has 288 valence electrons. The van der Waals surface area contributed by atoms with Crippen LogP contribution in [0.2, 0.25) is 10.0 Å². The van der Waals surface area contributed by atoms with Crippen molar-refractivity contribution >= 4 is 57.6 Å². The molecule has 5 aromatic rings. The summed E-state index contributed by atoms with van der Waals surface area (Å²) in [5.41, 5.74) is 9.60. The summed E-state index contributed by atoms with van der Waals surface area (Å²) in [6, 6.07) is 20.1. The van der Waals surface area contributed by atoms with E-state index >= 15 is 0 Å². The van der Waals surface area contributed by atoms with Gasteiger partial charge in [-0.3, -0.25) is 19.2 Å². The number of likely N-dealkylation sites (tertiary alicyclic amines) is 1. The first-order valence-electron chi connectivity index (χ1n) is 18.1. The van der Waals surface area contributed by atoms with Crippen LogP contribution in [0.25, 0.3) is 10.9 Å². The average Bonchev–Trinajstić information content (AvgIpc) is 3.81. The molecule has 6 rings (SSSR count). The Hall–Kier alpha value is -5.08. The number of nitrogens with two attached hydrogens (primary N) is 1. The van der Waals surface area contributed by atoms with Crippen molar-refractivity contribution in [3.05, 3.63) is 129 Å². The number of carbonyl (C=O) groups is 3. The van der Waals surface area contributed by atoms with E-state index in [4.69, 9.17) is 34.0 Å². The number of nitrogens with one attached hydrogen (secondary N) is 4. The Labute approximate surface area is 327 Å². The van der Waals surface area contributed by atoms with E-state index in [1.54, 1.807) is 35.0 Å². The minimum Gasteiger partial charge on any atom is -0.350 e. The van der Waals surface area contributed by atoms with Gasteiger partial charge in [-0.05, 0) is 92.5 Å². The zero-order valence-corrected chi connectivity index (χ0v) is 31.5. The maximum Gasteiger partial charge on any atom is 0.319 e. The van der Waals surface area contributed by atoms with Crippen LogP contribution in [-0.2, 0) is 35.6 Å². The first-order valence-corrected chi connectivity index (χ1v) is 18.8. The average molecular weight is 792 g/mol. The molecule has 4 amide bonds. The normalized spacial score (nSPS) is 14.1. The summed E-state index contributed by atoms with van der Waals surface area (Å²) in [5.74, 6) is -3.34. The van der Waals surface area contributed by atoms with Gasteiger partial charge in [0, 0.05) is 46.2 Å². The van der Waals surface area contributed by atoms with Crippen molar-refractivity contribution in [3.8, 4) is 0 Å². The molecular weight excluding hydrogens is 749 g/mol. The first-order chi connectivity index (χ1) is 26.6. The number of halogens is 4. The number of nitrogens with zero attached hydrogens (tertiary/aromatic N) is 3. The molecule has 11 nitrogen and oxygen atoms in total. The fraction of sp³-hybridized carbons (Fsp3) is 0.300. The van der Waals surface area contributed by atoms with E-state index in [-0.39, 0.29) is 38.0 Å². The van der Waals surface area contributed by atoms with E-state index < -0.39 is 41.6 Å². The molecule has 0 saturated carbocycles. The maximum atomic E-state index is 14.2. The molecule has 1 aromatic heterocycles. The van der Waals surface area contributed by atoms with Gasteiger partial charge in [-0.1, -0.05) is 65.7 Å². The molecule has 2 atom stereocenters. The summed E-state index contributed by atoms with van der Waals surface area (Å²) < 4.78 is 29.8. The molecule has 1 saturated heterocycles. The lowest BCUT2D eigenvalue weighted by Crippen LogP contribution is -2.55. The second kappa shape index (κ2) is 18.5. The van der Waals surface area contributed by atoms with E-state index in [2.05, 4.69) is 26.2 Å². The lowest BCUT2D eigenvalue weighted by atomic mass is 10.0. The predicted molar refractivity (Wildman–Crippen MR) is 210 cm³/mol. The Kier molecular flexibility index (Phi) is 13.3. The molecule has 55 heavy (non-hydrogen) atoms. The van der Waals surface area contributed by atoms with Crippen LogP contribution in [0.3, 0.4) is 0 Å². The topological polar surface area (TPSA) is 146 Å². The van der Waals surface area contributed by atoms with Gasteiger partial charge in [0.15, 0.2) is 11.6 Å². The summed E-state index contributed by atoms with van der Waals surface area (Å²) in [6.07, 6.45) is 2.16. The second-order valence-electron chi connectivity index (χ2n) is 13.5. The maximum absolute atomic E-state index is 14.2. The Bertz CT molecular complexity index is 2130. The third-order valence-corrected chi connectivity index (χ3v) is 10.2. The molecule has 15 heteroatoms. The lowest BCUT2D eigenvalue weighted by molar-refractivity contribution is -0.130. The molecule has 0 radical (unpaired) electrons.